The lowest BCUT2D eigenvalue weighted by Gasteiger charge is -2.01. The molecule has 4 heteroatoms. The molecule has 0 aliphatic heterocycles. The van der Waals surface area contributed by atoms with Crippen molar-refractivity contribution in [2.24, 2.45) is 16.5 Å². The first kappa shape index (κ1) is 8.62. The number of nitrogens with zero attached hydrogens (tertiary/aromatic N) is 1. The van der Waals surface area contributed by atoms with Crippen LogP contribution in [0.25, 0.3) is 0 Å². The van der Waals surface area contributed by atoms with E-state index in [0.29, 0.717) is 0 Å². The molecule has 3 nitrogen and oxygen atoms in total. The van der Waals surface area contributed by atoms with Gasteiger partial charge in [0.2, 0.25) is 0 Å². The summed E-state index contributed by atoms with van der Waals surface area (Å²) in [6, 6.07) is 0.241. The van der Waals surface area contributed by atoms with E-state index in [0.717, 1.165) is 5.75 Å². The molecule has 0 aromatic carbocycles. The summed E-state index contributed by atoms with van der Waals surface area (Å²) in [5, 5.41) is 0. The van der Waals surface area contributed by atoms with Crippen LogP contribution in [-0.2, 0) is 0 Å². The average Bonchev–Trinajstić information content (AvgIpc) is 1.63. The van der Waals surface area contributed by atoms with Crippen molar-refractivity contribution in [3.8, 4) is 0 Å². The Balaban J connectivity index is 3.49. The van der Waals surface area contributed by atoms with Gasteiger partial charge in [0.25, 0.3) is 0 Å². The van der Waals surface area contributed by atoms with Gasteiger partial charge in [0, 0.05) is 5.75 Å². The molecule has 54 valence electrons. The fraction of sp³-hybridized carbons (Fsp3) is 0.800. The predicted molar refractivity (Wildman–Crippen MR) is 43.7 cm³/mol. The van der Waals surface area contributed by atoms with Crippen LogP contribution in [0.4, 0.5) is 0 Å². The maximum atomic E-state index is 5.14. The molecule has 0 fully saturated rings. The normalized spacial score (nSPS) is 12.7. The number of hydrogen-bond donors (Lipinski definition) is 2. The first-order valence-corrected chi connectivity index (χ1v) is 4.14. The molecule has 9 heavy (non-hydrogen) atoms. The van der Waals surface area contributed by atoms with Crippen molar-refractivity contribution in [1.82, 2.24) is 0 Å². The lowest BCUT2D eigenvalue weighted by atomic mass is 10.4. The summed E-state index contributed by atoms with van der Waals surface area (Å²) in [5.74, 6) is 1.15. The first-order chi connectivity index (χ1) is 4.16. The summed E-state index contributed by atoms with van der Waals surface area (Å²) in [6.45, 7) is 1.98. The van der Waals surface area contributed by atoms with Gasteiger partial charge in [-0.2, -0.15) is 11.8 Å². The second-order valence-electron chi connectivity index (χ2n) is 1.86. The zero-order valence-corrected chi connectivity index (χ0v) is 6.61. The molecule has 0 saturated carbocycles. The number of guanidine groups is 1. The summed E-state index contributed by atoms with van der Waals surface area (Å²) in [5.41, 5.74) is 10.3. The largest absolute Gasteiger partial charge is 0.370 e. The predicted octanol–water partition coefficient (Wildman–Crippen LogP) is 0.0113. The molecule has 4 N–H and O–H groups in total. The molecule has 0 aromatic rings. The molecule has 0 amide bonds. The summed E-state index contributed by atoms with van der Waals surface area (Å²) in [4.78, 5) is 3.92. The van der Waals surface area contributed by atoms with E-state index in [1.165, 1.54) is 0 Å². The molecule has 0 radical (unpaired) electrons. The standard InChI is InChI=1S/C5H13N3S/c1-4(3-9-2)8-5(6)7/h4H,3H2,1-2H3,(H4,6,7,8)/t4-/m1/s1. The molecule has 0 rings (SSSR count). The lowest BCUT2D eigenvalue weighted by molar-refractivity contribution is 0.845. The summed E-state index contributed by atoms with van der Waals surface area (Å²) in [6.07, 6.45) is 2.03. The van der Waals surface area contributed by atoms with Crippen LogP contribution in [0.15, 0.2) is 4.99 Å². The third-order valence-electron chi connectivity index (χ3n) is 0.777. The third-order valence-corrected chi connectivity index (χ3v) is 1.59. The molecule has 0 saturated heterocycles. The van der Waals surface area contributed by atoms with Crippen LogP contribution >= 0.6 is 11.8 Å². The van der Waals surface area contributed by atoms with Crippen LogP contribution in [0.2, 0.25) is 0 Å². The maximum Gasteiger partial charge on any atom is 0.186 e. The summed E-state index contributed by atoms with van der Waals surface area (Å²) in [7, 11) is 0. The van der Waals surface area contributed by atoms with Crippen molar-refractivity contribution in [1.29, 1.82) is 0 Å². The maximum absolute atomic E-state index is 5.14. The minimum Gasteiger partial charge on any atom is -0.370 e. The Labute approximate surface area is 59.9 Å². The van der Waals surface area contributed by atoms with Gasteiger partial charge in [-0.3, -0.25) is 0 Å². The Kier molecular flexibility index (Phi) is 4.30. The second-order valence-corrected chi connectivity index (χ2v) is 2.77. The van der Waals surface area contributed by atoms with Crippen LogP contribution in [0.1, 0.15) is 6.92 Å². The zero-order valence-electron chi connectivity index (χ0n) is 5.79. The smallest absolute Gasteiger partial charge is 0.186 e. The van der Waals surface area contributed by atoms with Gasteiger partial charge in [-0.1, -0.05) is 0 Å². The van der Waals surface area contributed by atoms with Crippen molar-refractivity contribution < 1.29 is 0 Å². The topological polar surface area (TPSA) is 64.4 Å². The van der Waals surface area contributed by atoms with E-state index in [1.807, 2.05) is 13.2 Å². The zero-order chi connectivity index (χ0) is 7.28. The monoisotopic (exact) mass is 147 g/mol. The Morgan fingerprint density at radius 2 is 2.22 bits per heavy atom. The van der Waals surface area contributed by atoms with Crippen LogP contribution in [-0.4, -0.2) is 24.0 Å². The molecule has 0 spiro atoms. The van der Waals surface area contributed by atoms with E-state index >= 15 is 0 Å². The number of thioether (sulfide) groups is 1. The van der Waals surface area contributed by atoms with Gasteiger partial charge < -0.3 is 11.5 Å². The van der Waals surface area contributed by atoms with Gasteiger partial charge in [-0.15, -0.1) is 0 Å². The molecular weight excluding hydrogens is 134 g/mol. The van der Waals surface area contributed by atoms with Crippen LogP contribution < -0.4 is 11.5 Å². The van der Waals surface area contributed by atoms with E-state index in [-0.39, 0.29) is 12.0 Å². The summed E-state index contributed by atoms with van der Waals surface area (Å²) < 4.78 is 0. The van der Waals surface area contributed by atoms with Crippen molar-refractivity contribution in [3.63, 3.8) is 0 Å². The Hall–Kier alpha value is -0.380. The van der Waals surface area contributed by atoms with E-state index in [4.69, 9.17) is 11.5 Å². The summed E-state index contributed by atoms with van der Waals surface area (Å²) >= 11 is 1.73. The minimum atomic E-state index is 0.177. The molecule has 0 unspecified atom stereocenters. The van der Waals surface area contributed by atoms with E-state index in [9.17, 15) is 0 Å². The van der Waals surface area contributed by atoms with E-state index in [2.05, 4.69) is 4.99 Å². The first-order valence-electron chi connectivity index (χ1n) is 2.74. The van der Waals surface area contributed by atoms with E-state index < -0.39 is 0 Å². The highest BCUT2D eigenvalue weighted by Gasteiger charge is 1.95. The molecular formula is C5H13N3S. The van der Waals surface area contributed by atoms with Gasteiger partial charge in [0.15, 0.2) is 5.96 Å². The van der Waals surface area contributed by atoms with Crippen LogP contribution in [0, 0.1) is 0 Å². The molecule has 0 heterocycles. The van der Waals surface area contributed by atoms with Crippen molar-refractivity contribution >= 4 is 17.7 Å². The minimum absolute atomic E-state index is 0.177. The number of aliphatic imine (C=N–C) groups is 1. The molecule has 1 atom stereocenters. The Bertz CT molecular complexity index is 98.4. The SMILES string of the molecule is CSC[C@@H](C)N=C(N)N. The van der Waals surface area contributed by atoms with Crippen LogP contribution in [0.3, 0.4) is 0 Å². The molecule has 0 bridgehead atoms. The Morgan fingerprint density at radius 3 is 2.56 bits per heavy atom. The van der Waals surface area contributed by atoms with Crippen molar-refractivity contribution in [2.75, 3.05) is 12.0 Å². The van der Waals surface area contributed by atoms with E-state index in [1.54, 1.807) is 11.8 Å². The highest BCUT2D eigenvalue weighted by atomic mass is 32.2. The van der Waals surface area contributed by atoms with Gasteiger partial charge in [0.05, 0.1) is 6.04 Å². The lowest BCUT2D eigenvalue weighted by Crippen LogP contribution is -2.25. The second kappa shape index (κ2) is 4.49. The van der Waals surface area contributed by atoms with Gasteiger partial charge in [-0.25, -0.2) is 4.99 Å². The van der Waals surface area contributed by atoms with Gasteiger partial charge in [0.1, 0.15) is 0 Å². The van der Waals surface area contributed by atoms with Crippen molar-refractivity contribution in [2.45, 2.75) is 13.0 Å². The van der Waals surface area contributed by atoms with Crippen molar-refractivity contribution in [3.05, 3.63) is 0 Å². The fourth-order valence-corrected chi connectivity index (χ4v) is 1.09. The number of rotatable bonds is 3. The molecule has 0 aliphatic rings. The van der Waals surface area contributed by atoms with Gasteiger partial charge >= 0.3 is 0 Å². The van der Waals surface area contributed by atoms with Gasteiger partial charge in [-0.05, 0) is 13.2 Å². The highest BCUT2D eigenvalue weighted by molar-refractivity contribution is 7.98. The molecule has 0 aliphatic carbocycles. The third kappa shape index (κ3) is 5.49. The number of nitrogens with two attached hydrogens (primary N) is 2. The Morgan fingerprint density at radius 1 is 1.67 bits per heavy atom. The van der Waals surface area contributed by atoms with Crippen LogP contribution in [0.5, 0.6) is 0 Å². The molecule has 0 aromatic heterocycles. The highest BCUT2D eigenvalue weighted by Crippen LogP contribution is 1.98. The number of hydrogen-bond acceptors (Lipinski definition) is 2. The fourth-order valence-electron chi connectivity index (χ4n) is 0.533. The average molecular weight is 147 g/mol. The quantitative estimate of drug-likeness (QED) is 0.436.